The number of hydrogen-bond acceptors (Lipinski definition) is 5. The number of oxime groups is 1. The van der Waals surface area contributed by atoms with Crippen LogP contribution in [0.5, 0.6) is 5.88 Å². The van der Waals surface area contributed by atoms with Crippen molar-refractivity contribution in [3.05, 3.63) is 11.3 Å². The second-order valence-electron chi connectivity index (χ2n) is 5.93. The Kier molecular flexibility index (Phi) is 5.41. The van der Waals surface area contributed by atoms with Crippen LogP contribution in [-0.2, 0) is 23.8 Å². The first-order chi connectivity index (χ1) is 11.7. The van der Waals surface area contributed by atoms with E-state index in [0.29, 0.717) is 16.4 Å². The van der Waals surface area contributed by atoms with Crippen LogP contribution in [0.2, 0.25) is 0 Å². The Balaban J connectivity index is 2.27. The standard InChI is InChI=1S/C13H14F7N3O2S/c1-11(2)7(14)9(22-25-11)26-4-6-8(13(18,19)20)21-23(3)10(6)24-5-12(15,16)17/h7H,4-5H2,1-3H3. The third-order valence-electron chi connectivity index (χ3n) is 3.29. The molecule has 0 aromatic carbocycles. The zero-order valence-electron chi connectivity index (χ0n) is 13.7. The lowest BCUT2D eigenvalue weighted by molar-refractivity contribution is -0.154. The second kappa shape index (κ2) is 6.82. The zero-order chi connectivity index (χ0) is 19.9. The fraction of sp³-hybridized carbons (Fsp3) is 0.692. The molecule has 0 fully saturated rings. The molecule has 13 heteroatoms. The number of alkyl halides is 7. The molecule has 0 bridgehead atoms. The van der Waals surface area contributed by atoms with Gasteiger partial charge in [-0.25, -0.2) is 9.07 Å². The van der Waals surface area contributed by atoms with Gasteiger partial charge in [0, 0.05) is 12.8 Å². The van der Waals surface area contributed by atoms with Crippen molar-refractivity contribution in [1.82, 2.24) is 9.78 Å². The van der Waals surface area contributed by atoms with Crippen molar-refractivity contribution in [3.8, 4) is 5.88 Å². The van der Waals surface area contributed by atoms with E-state index in [-0.39, 0.29) is 5.04 Å². The van der Waals surface area contributed by atoms with E-state index in [4.69, 9.17) is 4.84 Å². The third kappa shape index (κ3) is 4.54. The van der Waals surface area contributed by atoms with Gasteiger partial charge in [-0.05, 0) is 13.8 Å². The number of aryl methyl sites for hydroxylation is 1. The first kappa shape index (κ1) is 20.6. The normalized spacial score (nSPS) is 20.1. The molecule has 1 atom stereocenters. The minimum atomic E-state index is -4.92. The summed E-state index contributed by atoms with van der Waals surface area (Å²) in [6, 6.07) is 0. The van der Waals surface area contributed by atoms with Gasteiger partial charge >= 0.3 is 12.4 Å². The molecule has 0 radical (unpaired) electrons. The molecule has 1 aromatic heterocycles. The fourth-order valence-electron chi connectivity index (χ4n) is 2.04. The van der Waals surface area contributed by atoms with Crippen molar-refractivity contribution in [2.24, 2.45) is 12.2 Å². The molecule has 0 spiro atoms. The summed E-state index contributed by atoms with van der Waals surface area (Å²) in [5.41, 5.74) is -3.31. The molecule has 0 saturated heterocycles. The molecular weight excluding hydrogens is 395 g/mol. The number of ether oxygens (including phenoxy) is 1. The molecule has 1 aromatic rings. The van der Waals surface area contributed by atoms with Crippen molar-refractivity contribution in [3.63, 3.8) is 0 Å². The van der Waals surface area contributed by atoms with E-state index in [1.165, 1.54) is 13.8 Å². The van der Waals surface area contributed by atoms with Gasteiger partial charge in [-0.3, -0.25) is 0 Å². The highest BCUT2D eigenvalue weighted by Crippen LogP contribution is 2.39. The maximum absolute atomic E-state index is 14.1. The highest BCUT2D eigenvalue weighted by molar-refractivity contribution is 8.13. The van der Waals surface area contributed by atoms with E-state index in [1.807, 2.05) is 0 Å². The second-order valence-corrected chi connectivity index (χ2v) is 6.93. The molecule has 0 N–H and O–H groups in total. The lowest BCUT2D eigenvalue weighted by atomic mass is 10.1. The highest BCUT2D eigenvalue weighted by atomic mass is 32.2. The maximum atomic E-state index is 14.1. The van der Waals surface area contributed by atoms with Crippen molar-refractivity contribution >= 4 is 16.8 Å². The van der Waals surface area contributed by atoms with Gasteiger partial charge in [0.25, 0.3) is 0 Å². The SMILES string of the molecule is Cn1nc(C(F)(F)F)c(CSC2=NOC(C)(C)C2F)c1OCC(F)(F)F. The first-order valence-corrected chi connectivity index (χ1v) is 8.06. The average molecular weight is 409 g/mol. The number of thioether (sulfide) groups is 1. The number of nitrogens with zero attached hydrogens (tertiary/aromatic N) is 3. The number of rotatable bonds is 4. The van der Waals surface area contributed by atoms with Crippen LogP contribution in [0.15, 0.2) is 5.16 Å². The molecule has 1 aliphatic heterocycles. The van der Waals surface area contributed by atoms with E-state index in [9.17, 15) is 30.7 Å². The van der Waals surface area contributed by atoms with Crippen LogP contribution in [-0.4, -0.2) is 39.4 Å². The van der Waals surface area contributed by atoms with Crippen LogP contribution in [0, 0.1) is 0 Å². The van der Waals surface area contributed by atoms with Gasteiger partial charge in [0.2, 0.25) is 5.88 Å². The minimum absolute atomic E-state index is 0.214. The molecular formula is C13H14F7N3O2S. The average Bonchev–Trinajstić information content (AvgIpc) is 2.92. The van der Waals surface area contributed by atoms with E-state index >= 15 is 0 Å². The van der Waals surface area contributed by atoms with Crippen LogP contribution in [0.4, 0.5) is 30.7 Å². The summed E-state index contributed by atoms with van der Waals surface area (Å²) >= 11 is 0.574. The predicted octanol–water partition coefficient (Wildman–Crippen LogP) is 4.07. The van der Waals surface area contributed by atoms with E-state index in [0.717, 1.165) is 7.05 Å². The topological polar surface area (TPSA) is 48.6 Å². The Bertz CT molecular complexity index is 697. The molecule has 2 rings (SSSR count). The minimum Gasteiger partial charge on any atom is -0.468 e. The van der Waals surface area contributed by atoms with E-state index in [1.54, 1.807) is 0 Å². The highest BCUT2D eigenvalue weighted by Gasteiger charge is 2.44. The van der Waals surface area contributed by atoms with E-state index < -0.39 is 53.6 Å². The largest absolute Gasteiger partial charge is 0.468 e. The van der Waals surface area contributed by atoms with Crippen molar-refractivity contribution in [1.29, 1.82) is 0 Å². The predicted molar refractivity (Wildman–Crippen MR) is 78.6 cm³/mol. The van der Waals surface area contributed by atoms with Crippen LogP contribution in [0.25, 0.3) is 0 Å². The maximum Gasteiger partial charge on any atom is 0.435 e. The number of aromatic nitrogens is 2. The molecule has 148 valence electrons. The van der Waals surface area contributed by atoms with Crippen LogP contribution < -0.4 is 4.74 Å². The Hall–Kier alpha value is -1.66. The molecule has 0 aliphatic carbocycles. The molecule has 1 unspecified atom stereocenters. The summed E-state index contributed by atoms with van der Waals surface area (Å²) in [5.74, 6) is -1.24. The Morgan fingerprint density at radius 3 is 2.31 bits per heavy atom. The van der Waals surface area contributed by atoms with Crippen LogP contribution >= 0.6 is 11.8 Å². The summed E-state index contributed by atoms with van der Waals surface area (Å²) in [6.45, 7) is 1.01. The summed E-state index contributed by atoms with van der Waals surface area (Å²) in [5, 5.41) is 6.46. The lowest BCUT2D eigenvalue weighted by Crippen LogP contribution is -2.33. The summed E-state index contributed by atoms with van der Waals surface area (Å²) in [4.78, 5) is 4.85. The summed E-state index contributed by atoms with van der Waals surface area (Å²) in [6.07, 6.45) is -11.3. The van der Waals surface area contributed by atoms with E-state index in [2.05, 4.69) is 15.0 Å². The van der Waals surface area contributed by atoms with Crippen LogP contribution in [0.3, 0.4) is 0 Å². The zero-order valence-corrected chi connectivity index (χ0v) is 14.5. The summed E-state index contributed by atoms with van der Waals surface area (Å²) < 4.78 is 95.6. The molecule has 1 aliphatic rings. The Morgan fingerprint density at radius 2 is 1.85 bits per heavy atom. The van der Waals surface area contributed by atoms with Gasteiger partial charge in [0.15, 0.2) is 29.1 Å². The van der Waals surface area contributed by atoms with Gasteiger partial charge in [0.05, 0.1) is 5.56 Å². The van der Waals surface area contributed by atoms with Gasteiger partial charge in [-0.1, -0.05) is 16.9 Å². The molecule has 2 heterocycles. The third-order valence-corrected chi connectivity index (χ3v) is 4.30. The van der Waals surface area contributed by atoms with Crippen molar-refractivity contribution < 1.29 is 40.3 Å². The van der Waals surface area contributed by atoms with Crippen molar-refractivity contribution in [2.45, 2.75) is 43.7 Å². The Labute approximate surface area is 147 Å². The van der Waals surface area contributed by atoms with Gasteiger partial charge in [0.1, 0.15) is 0 Å². The molecule has 0 amide bonds. The van der Waals surface area contributed by atoms with Gasteiger partial charge in [-0.2, -0.15) is 31.4 Å². The monoisotopic (exact) mass is 409 g/mol. The molecule has 0 saturated carbocycles. The fourth-order valence-corrected chi connectivity index (χ4v) is 3.11. The first-order valence-electron chi connectivity index (χ1n) is 7.08. The summed E-state index contributed by atoms with van der Waals surface area (Å²) in [7, 11) is 1.02. The van der Waals surface area contributed by atoms with Gasteiger partial charge < -0.3 is 9.57 Å². The van der Waals surface area contributed by atoms with Gasteiger partial charge in [-0.15, -0.1) is 0 Å². The van der Waals surface area contributed by atoms with Crippen LogP contribution in [0.1, 0.15) is 25.1 Å². The number of halogens is 7. The molecule has 26 heavy (non-hydrogen) atoms. The lowest BCUT2D eigenvalue weighted by Gasteiger charge is -2.17. The quantitative estimate of drug-likeness (QED) is 0.704. The number of hydrogen-bond donors (Lipinski definition) is 0. The molecule has 5 nitrogen and oxygen atoms in total. The Morgan fingerprint density at radius 1 is 1.23 bits per heavy atom. The van der Waals surface area contributed by atoms with Crippen molar-refractivity contribution in [2.75, 3.05) is 6.61 Å². The smallest absolute Gasteiger partial charge is 0.435 e.